The van der Waals surface area contributed by atoms with Gasteiger partial charge in [0, 0.05) is 5.56 Å². The van der Waals surface area contributed by atoms with Gasteiger partial charge in [0.15, 0.2) is 0 Å². The van der Waals surface area contributed by atoms with E-state index in [0.717, 1.165) is 4.68 Å². The van der Waals surface area contributed by atoms with E-state index in [4.69, 9.17) is 0 Å². The van der Waals surface area contributed by atoms with Gasteiger partial charge >= 0.3 is 18.9 Å². The third-order valence-corrected chi connectivity index (χ3v) is 1.97. The summed E-state index contributed by atoms with van der Waals surface area (Å²) in [6.45, 7) is -0.353. The fourth-order valence-corrected chi connectivity index (χ4v) is 1.26. The standard InChI is InChI=1S/C10H8FN3O2.Li/c11-8-3-1-7(2-4-8)9-5-14(13-12-9)6-10(15)16;/h1-5H,6H2,(H,15,16);/q;+1/p-1. The number of nitrogens with zero attached hydrogens (tertiary/aromatic N) is 3. The molecule has 0 unspecified atom stereocenters. The van der Waals surface area contributed by atoms with E-state index in [-0.39, 0.29) is 31.2 Å². The third-order valence-electron chi connectivity index (χ3n) is 1.97. The topological polar surface area (TPSA) is 70.8 Å². The number of hydrogen-bond donors (Lipinski definition) is 0. The summed E-state index contributed by atoms with van der Waals surface area (Å²) in [5.41, 5.74) is 1.16. The fraction of sp³-hybridized carbons (Fsp3) is 0.100. The van der Waals surface area contributed by atoms with E-state index >= 15 is 0 Å². The molecule has 0 atom stereocenters. The molecule has 0 radical (unpaired) electrons. The summed E-state index contributed by atoms with van der Waals surface area (Å²) in [5.74, 6) is -1.58. The minimum absolute atomic E-state index is 0. The SMILES string of the molecule is O=C([O-])Cn1cc(-c2ccc(F)cc2)nn1.[Li+]. The minimum Gasteiger partial charge on any atom is -0.548 e. The Morgan fingerprint density at radius 3 is 2.59 bits per heavy atom. The predicted octanol–water partition coefficient (Wildman–Crippen LogP) is -3.16. The molecule has 2 aromatic rings. The number of carbonyl (C=O) groups is 1. The van der Waals surface area contributed by atoms with Gasteiger partial charge in [0.05, 0.1) is 18.7 Å². The Labute approximate surface area is 108 Å². The van der Waals surface area contributed by atoms with Crippen LogP contribution in [0, 0.1) is 5.82 Å². The molecule has 0 amide bonds. The first-order valence-corrected chi connectivity index (χ1v) is 4.51. The van der Waals surface area contributed by atoms with Gasteiger partial charge < -0.3 is 9.90 Å². The van der Waals surface area contributed by atoms with Crippen molar-refractivity contribution in [1.29, 1.82) is 0 Å². The molecule has 82 valence electrons. The molecule has 1 aromatic heterocycles. The Hall–Kier alpha value is -1.64. The first-order valence-electron chi connectivity index (χ1n) is 4.51. The van der Waals surface area contributed by atoms with Crippen molar-refractivity contribution in [3.63, 3.8) is 0 Å². The first kappa shape index (κ1) is 13.4. The first-order chi connectivity index (χ1) is 7.65. The Balaban J connectivity index is 0.00000144. The van der Waals surface area contributed by atoms with E-state index in [1.807, 2.05) is 0 Å². The molecule has 0 spiro atoms. The second-order valence-corrected chi connectivity index (χ2v) is 3.18. The average molecular weight is 227 g/mol. The summed E-state index contributed by atoms with van der Waals surface area (Å²) in [5, 5.41) is 17.7. The van der Waals surface area contributed by atoms with Crippen LogP contribution >= 0.6 is 0 Å². The minimum atomic E-state index is -1.24. The van der Waals surface area contributed by atoms with Gasteiger partial charge in [-0.15, -0.1) is 5.10 Å². The van der Waals surface area contributed by atoms with Crippen LogP contribution in [0.1, 0.15) is 0 Å². The zero-order valence-corrected chi connectivity index (χ0v) is 9.13. The van der Waals surface area contributed by atoms with Gasteiger partial charge in [0.1, 0.15) is 11.5 Å². The number of halogens is 1. The van der Waals surface area contributed by atoms with Crippen LogP contribution in [0.15, 0.2) is 30.5 Å². The van der Waals surface area contributed by atoms with Crippen molar-refractivity contribution in [2.45, 2.75) is 6.54 Å². The summed E-state index contributed by atoms with van der Waals surface area (Å²) in [4.78, 5) is 10.3. The fourth-order valence-electron chi connectivity index (χ4n) is 1.26. The van der Waals surface area contributed by atoms with Gasteiger partial charge in [-0.05, 0) is 24.3 Å². The largest absolute Gasteiger partial charge is 1.00 e. The van der Waals surface area contributed by atoms with Gasteiger partial charge in [-0.25, -0.2) is 9.07 Å². The second-order valence-electron chi connectivity index (χ2n) is 3.18. The van der Waals surface area contributed by atoms with Crippen molar-refractivity contribution < 1.29 is 33.2 Å². The molecular weight excluding hydrogens is 220 g/mol. The average Bonchev–Trinajstić information content (AvgIpc) is 2.66. The van der Waals surface area contributed by atoms with Crippen molar-refractivity contribution in [3.05, 3.63) is 36.3 Å². The number of aromatic nitrogens is 3. The molecule has 2 rings (SSSR count). The molecule has 5 nitrogen and oxygen atoms in total. The number of carboxylic acid groups (broad SMARTS) is 1. The van der Waals surface area contributed by atoms with Gasteiger partial charge in [0.25, 0.3) is 0 Å². The van der Waals surface area contributed by atoms with Gasteiger partial charge in [-0.3, -0.25) is 0 Å². The molecule has 0 aliphatic rings. The van der Waals surface area contributed by atoms with Gasteiger partial charge in [-0.2, -0.15) is 0 Å². The summed E-state index contributed by atoms with van der Waals surface area (Å²) in [6, 6.07) is 5.69. The quantitative estimate of drug-likeness (QED) is 0.519. The smallest absolute Gasteiger partial charge is 0.548 e. The molecule has 7 heteroatoms. The Bertz CT molecular complexity index is 513. The number of aliphatic carboxylic acids is 1. The molecule has 0 bridgehead atoms. The van der Waals surface area contributed by atoms with E-state index in [2.05, 4.69) is 10.3 Å². The molecule has 1 heterocycles. The van der Waals surface area contributed by atoms with Crippen molar-refractivity contribution in [1.82, 2.24) is 15.0 Å². The van der Waals surface area contributed by atoms with E-state index in [1.54, 1.807) is 12.1 Å². The van der Waals surface area contributed by atoms with Gasteiger partial charge in [0.2, 0.25) is 0 Å². The summed E-state index contributed by atoms with van der Waals surface area (Å²) in [7, 11) is 0. The zero-order chi connectivity index (χ0) is 11.5. The van der Waals surface area contributed by atoms with Crippen molar-refractivity contribution in [2.24, 2.45) is 0 Å². The number of rotatable bonds is 3. The van der Waals surface area contributed by atoms with E-state index in [1.165, 1.54) is 18.3 Å². The maximum atomic E-state index is 12.7. The summed E-state index contributed by atoms with van der Waals surface area (Å²) >= 11 is 0. The maximum Gasteiger partial charge on any atom is 1.00 e. The number of carboxylic acids is 1. The van der Waals surface area contributed by atoms with Gasteiger partial charge in [-0.1, -0.05) is 5.21 Å². The van der Waals surface area contributed by atoms with Crippen LogP contribution in [0.3, 0.4) is 0 Å². The predicted molar refractivity (Wildman–Crippen MR) is 50.4 cm³/mol. The number of carbonyl (C=O) groups excluding carboxylic acids is 1. The van der Waals surface area contributed by atoms with Crippen molar-refractivity contribution in [2.75, 3.05) is 0 Å². The third kappa shape index (κ3) is 3.41. The van der Waals surface area contributed by atoms with Crippen LogP contribution in [0.25, 0.3) is 11.3 Å². The molecule has 0 fully saturated rings. The van der Waals surface area contributed by atoms with Crippen LogP contribution < -0.4 is 24.0 Å². The molecule has 1 aromatic carbocycles. The Morgan fingerprint density at radius 2 is 2.00 bits per heavy atom. The van der Waals surface area contributed by atoms with Crippen LogP contribution in [-0.2, 0) is 11.3 Å². The van der Waals surface area contributed by atoms with Crippen molar-refractivity contribution >= 4 is 5.97 Å². The maximum absolute atomic E-state index is 12.7. The normalized spacial score (nSPS) is 9.71. The molecular formula is C10H7FLiN3O2. The number of hydrogen-bond acceptors (Lipinski definition) is 4. The molecule has 0 aliphatic carbocycles. The van der Waals surface area contributed by atoms with E-state index < -0.39 is 5.97 Å². The molecule has 0 N–H and O–H groups in total. The van der Waals surface area contributed by atoms with Crippen LogP contribution in [-0.4, -0.2) is 21.0 Å². The van der Waals surface area contributed by atoms with E-state index in [9.17, 15) is 14.3 Å². The van der Waals surface area contributed by atoms with Crippen LogP contribution in [0.5, 0.6) is 0 Å². The second kappa shape index (κ2) is 5.62. The molecule has 0 aliphatic heterocycles. The molecule has 0 saturated heterocycles. The monoisotopic (exact) mass is 227 g/mol. The zero-order valence-electron chi connectivity index (χ0n) is 9.13. The van der Waals surface area contributed by atoms with Crippen LogP contribution in [0.4, 0.5) is 4.39 Å². The van der Waals surface area contributed by atoms with Crippen molar-refractivity contribution in [3.8, 4) is 11.3 Å². The van der Waals surface area contributed by atoms with Crippen LogP contribution in [0.2, 0.25) is 0 Å². The molecule has 0 saturated carbocycles. The Morgan fingerprint density at radius 1 is 1.35 bits per heavy atom. The summed E-state index contributed by atoms with van der Waals surface area (Å²) < 4.78 is 13.8. The Kier molecular flexibility index (Phi) is 4.43. The number of benzene rings is 1. The molecule has 17 heavy (non-hydrogen) atoms. The van der Waals surface area contributed by atoms with E-state index in [0.29, 0.717) is 11.3 Å². The summed E-state index contributed by atoms with van der Waals surface area (Å²) in [6.07, 6.45) is 1.46.